The molecule has 2 heterocycles. The zero-order chi connectivity index (χ0) is 20.8. The van der Waals surface area contributed by atoms with Gasteiger partial charge in [-0.05, 0) is 88.1 Å². The minimum atomic E-state index is -3.69. The number of nitrogens with one attached hydrogen (secondary N) is 1. The third kappa shape index (κ3) is 3.72. The van der Waals surface area contributed by atoms with Crippen LogP contribution in [0.2, 0.25) is 0 Å². The van der Waals surface area contributed by atoms with Crippen molar-refractivity contribution < 1.29 is 18.3 Å². The van der Waals surface area contributed by atoms with Gasteiger partial charge in [0.05, 0.1) is 11.0 Å². The van der Waals surface area contributed by atoms with Crippen molar-refractivity contribution in [1.29, 1.82) is 0 Å². The van der Waals surface area contributed by atoms with Crippen molar-refractivity contribution >= 4 is 15.9 Å². The zero-order valence-corrected chi connectivity index (χ0v) is 18.3. The predicted octanol–water partition coefficient (Wildman–Crippen LogP) is 2.41. The molecule has 0 aliphatic carbocycles. The molecule has 156 valence electrons. The Hall–Kier alpha value is -1.44. The minimum Gasteiger partial charge on any atom is -0.393 e. The Labute approximate surface area is 168 Å². The van der Waals surface area contributed by atoms with Gasteiger partial charge in [-0.15, -0.1) is 0 Å². The van der Waals surface area contributed by atoms with Crippen LogP contribution in [0.1, 0.15) is 59.9 Å². The van der Waals surface area contributed by atoms with E-state index in [4.69, 9.17) is 0 Å². The molecule has 3 rings (SSSR count). The maximum Gasteiger partial charge on any atom is 0.241 e. The summed E-state index contributed by atoms with van der Waals surface area (Å²) in [6, 6.07) is 0.203. The molecule has 2 aliphatic heterocycles. The molecule has 1 aromatic carbocycles. The predicted molar refractivity (Wildman–Crippen MR) is 109 cm³/mol. The number of hydrogen-bond acceptors (Lipinski definition) is 4. The Kier molecular flexibility index (Phi) is 5.90. The molecule has 0 aromatic heterocycles. The van der Waals surface area contributed by atoms with Crippen molar-refractivity contribution in [1.82, 2.24) is 9.62 Å². The molecule has 2 N–H and O–H groups in total. The van der Waals surface area contributed by atoms with Gasteiger partial charge in [-0.3, -0.25) is 4.79 Å². The number of aliphatic hydroxyl groups excluding tert-OH is 1. The number of fused-ring (bicyclic) bond motifs is 2. The molecule has 0 radical (unpaired) electrons. The number of hydrogen-bond donors (Lipinski definition) is 2. The number of piperidine rings is 1. The number of sulfonamides is 1. The van der Waals surface area contributed by atoms with Gasteiger partial charge in [0.2, 0.25) is 15.9 Å². The monoisotopic (exact) mass is 408 g/mol. The number of carbonyl (C=O) groups excluding carboxylic acids is 1. The quantitative estimate of drug-likeness (QED) is 0.783. The van der Waals surface area contributed by atoms with Crippen molar-refractivity contribution in [2.45, 2.75) is 89.8 Å². The van der Waals surface area contributed by atoms with Gasteiger partial charge < -0.3 is 10.0 Å². The van der Waals surface area contributed by atoms with Gasteiger partial charge in [-0.1, -0.05) is 0 Å². The highest BCUT2D eigenvalue weighted by molar-refractivity contribution is 7.89. The summed E-state index contributed by atoms with van der Waals surface area (Å²) in [6.45, 7) is 9.67. The van der Waals surface area contributed by atoms with Gasteiger partial charge in [-0.2, -0.15) is 0 Å². The van der Waals surface area contributed by atoms with Crippen LogP contribution in [-0.4, -0.2) is 49.1 Å². The van der Waals surface area contributed by atoms with E-state index in [1.807, 2.05) is 39.5 Å². The summed E-state index contributed by atoms with van der Waals surface area (Å²) in [5.74, 6) is -0.0215. The van der Waals surface area contributed by atoms with Gasteiger partial charge in [0.15, 0.2) is 0 Å². The highest BCUT2D eigenvalue weighted by Gasteiger charge is 2.42. The van der Waals surface area contributed by atoms with Crippen molar-refractivity contribution in [3.8, 4) is 0 Å². The van der Waals surface area contributed by atoms with Crippen molar-refractivity contribution in [2.24, 2.45) is 0 Å². The van der Waals surface area contributed by atoms with Crippen molar-refractivity contribution in [3.63, 3.8) is 0 Å². The number of carbonyl (C=O) groups is 1. The summed E-state index contributed by atoms with van der Waals surface area (Å²) in [5.41, 5.74) is 4.63. The van der Waals surface area contributed by atoms with Crippen molar-refractivity contribution in [2.75, 3.05) is 6.54 Å². The van der Waals surface area contributed by atoms with Gasteiger partial charge in [0, 0.05) is 25.0 Å². The second kappa shape index (κ2) is 7.76. The average Bonchev–Trinajstić information content (AvgIpc) is 2.89. The first-order valence-corrected chi connectivity index (χ1v) is 11.6. The number of amides is 1. The second-order valence-electron chi connectivity index (χ2n) is 8.41. The van der Waals surface area contributed by atoms with E-state index in [9.17, 15) is 18.3 Å². The zero-order valence-electron chi connectivity index (χ0n) is 17.5. The SMILES string of the molecule is Cc1c(C)c(C)c(S(=O)(=O)NCCC(=O)N2C3CCC2CC(O)C3)c(C)c1C. The average molecular weight is 409 g/mol. The normalized spacial score (nSPS) is 24.6. The molecule has 28 heavy (non-hydrogen) atoms. The standard InChI is InChI=1S/C21H32N2O4S/c1-12-13(2)15(4)21(16(5)14(12)3)28(26,27)22-9-8-20(25)23-17-6-7-18(23)11-19(24)10-17/h17-19,22,24H,6-11H2,1-5H3. The molecule has 6 nitrogen and oxygen atoms in total. The summed E-state index contributed by atoms with van der Waals surface area (Å²) in [7, 11) is -3.69. The van der Waals surface area contributed by atoms with Crippen LogP contribution < -0.4 is 4.72 Å². The topological polar surface area (TPSA) is 86.7 Å². The van der Waals surface area contributed by atoms with Gasteiger partial charge in [0.25, 0.3) is 0 Å². The largest absolute Gasteiger partial charge is 0.393 e. The molecule has 0 spiro atoms. The fourth-order valence-corrected chi connectivity index (χ4v) is 6.55. The Morgan fingerprint density at radius 2 is 1.43 bits per heavy atom. The minimum absolute atomic E-state index is 0.0215. The van der Waals surface area contributed by atoms with Crippen LogP contribution in [0.4, 0.5) is 0 Å². The molecule has 2 bridgehead atoms. The van der Waals surface area contributed by atoms with Crippen LogP contribution >= 0.6 is 0 Å². The Balaban J connectivity index is 1.69. The maximum atomic E-state index is 13.0. The number of nitrogens with zero attached hydrogens (tertiary/aromatic N) is 1. The Morgan fingerprint density at radius 3 is 1.93 bits per heavy atom. The van der Waals surface area contributed by atoms with E-state index in [1.54, 1.807) is 0 Å². The first-order valence-electron chi connectivity index (χ1n) is 10.1. The highest BCUT2D eigenvalue weighted by atomic mass is 32.2. The van der Waals surface area contributed by atoms with Crippen LogP contribution in [0.25, 0.3) is 0 Å². The highest BCUT2D eigenvalue weighted by Crippen LogP contribution is 2.36. The van der Waals surface area contributed by atoms with Crippen LogP contribution in [0.15, 0.2) is 4.90 Å². The van der Waals surface area contributed by atoms with E-state index in [1.165, 1.54) is 0 Å². The number of rotatable bonds is 5. The lowest BCUT2D eigenvalue weighted by atomic mass is 9.95. The lowest BCUT2D eigenvalue weighted by Gasteiger charge is -2.37. The molecular formula is C21H32N2O4S. The summed E-state index contributed by atoms with van der Waals surface area (Å²) in [5, 5.41) is 9.88. The van der Waals surface area contributed by atoms with Gasteiger partial charge in [0.1, 0.15) is 0 Å². The Morgan fingerprint density at radius 1 is 0.964 bits per heavy atom. The lowest BCUT2D eigenvalue weighted by molar-refractivity contribution is -0.137. The first-order chi connectivity index (χ1) is 13.0. The molecule has 1 aromatic rings. The number of benzene rings is 1. The van der Waals surface area contributed by atoms with Crippen LogP contribution in [0.3, 0.4) is 0 Å². The molecule has 2 aliphatic rings. The summed E-state index contributed by atoms with van der Waals surface area (Å²) < 4.78 is 28.6. The summed E-state index contributed by atoms with van der Waals surface area (Å²) >= 11 is 0. The third-order valence-electron chi connectivity index (χ3n) is 6.83. The van der Waals surface area contributed by atoms with E-state index in [0.717, 1.165) is 40.7 Å². The smallest absolute Gasteiger partial charge is 0.241 e. The summed E-state index contributed by atoms with van der Waals surface area (Å²) in [6.07, 6.45) is 2.95. The molecule has 0 saturated carbocycles. The van der Waals surface area contributed by atoms with E-state index in [-0.39, 0.29) is 37.1 Å². The third-order valence-corrected chi connectivity index (χ3v) is 8.56. The second-order valence-corrected chi connectivity index (χ2v) is 10.1. The molecule has 1 amide bonds. The Bertz CT molecular complexity index is 851. The molecule has 2 saturated heterocycles. The van der Waals surface area contributed by atoms with E-state index < -0.39 is 10.0 Å². The molecule has 2 unspecified atom stereocenters. The summed E-state index contributed by atoms with van der Waals surface area (Å²) in [4.78, 5) is 14.9. The van der Waals surface area contributed by atoms with Crippen LogP contribution in [0.5, 0.6) is 0 Å². The first kappa shape index (κ1) is 21.3. The fourth-order valence-electron chi connectivity index (χ4n) is 4.92. The van der Waals surface area contributed by atoms with Gasteiger partial charge >= 0.3 is 0 Å². The van der Waals surface area contributed by atoms with Crippen molar-refractivity contribution in [3.05, 3.63) is 27.8 Å². The number of aliphatic hydroxyl groups is 1. The van der Waals surface area contributed by atoms with Gasteiger partial charge in [-0.25, -0.2) is 13.1 Å². The fraction of sp³-hybridized carbons (Fsp3) is 0.667. The molecule has 2 fully saturated rings. The van der Waals surface area contributed by atoms with E-state index >= 15 is 0 Å². The molecular weight excluding hydrogens is 376 g/mol. The lowest BCUT2D eigenvalue weighted by Crippen LogP contribution is -2.48. The molecule has 2 atom stereocenters. The van der Waals surface area contributed by atoms with E-state index in [0.29, 0.717) is 17.7 Å². The van der Waals surface area contributed by atoms with Crippen LogP contribution in [-0.2, 0) is 14.8 Å². The molecule has 7 heteroatoms. The van der Waals surface area contributed by atoms with Crippen LogP contribution in [0, 0.1) is 34.6 Å². The maximum absolute atomic E-state index is 13.0. The van der Waals surface area contributed by atoms with E-state index in [2.05, 4.69) is 4.72 Å².